The quantitative estimate of drug-likeness (QED) is 0.902. The lowest BCUT2D eigenvalue weighted by Crippen LogP contribution is -2.54. The fourth-order valence-corrected chi connectivity index (χ4v) is 3.51. The standard InChI is InChI=1S/C15H22ClN3/c16-13-6-7-15(18-10-13)19-9-8-17-14(11-19)12-4-2-1-3-5-12/h6-7,10,12,14,17H,1-5,8-9,11H2. The maximum atomic E-state index is 5.91. The van der Waals surface area contributed by atoms with E-state index in [1.165, 1.54) is 32.1 Å². The minimum absolute atomic E-state index is 0.631. The first kappa shape index (κ1) is 13.2. The summed E-state index contributed by atoms with van der Waals surface area (Å²) in [5.74, 6) is 1.91. The van der Waals surface area contributed by atoms with Gasteiger partial charge in [0.25, 0.3) is 0 Å². The lowest BCUT2D eigenvalue weighted by molar-refractivity contribution is 0.257. The third kappa shape index (κ3) is 3.21. The number of nitrogens with zero attached hydrogens (tertiary/aromatic N) is 2. The second-order valence-electron chi connectivity index (χ2n) is 5.74. The zero-order valence-corrected chi connectivity index (χ0v) is 12.1. The summed E-state index contributed by atoms with van der Waals surface area (Å²) in [5, 5.41) is 4.42. The summed E-state index contributed by atoms with van der Waals surface area (Å²) in [6.45, 7) is 3.18. The first-order valence-corrected chi connectivity index (χ1v) is 7.80. The van der Waals surface area contributed by atoms with E-state index in [0.717, 1.165) is 31.4 Å². The molecule has 4 heteroatoms. The maximum absolute atomic E-state index is 5.91. The Morgan fingerprint density at radius 3 is 2.79 bits per heavy atom. The molecule has 104 valence electrons. The molecule has 1 unspecified atom stereocenters. The molecule has 0 radical (unpaired) electrons. The van der Waals surface area contributed by atoms with E-state index in [2.05, 4.69) is 15.2 Å². The van der Waals surface area contributed by atoms with Gasteiger partial charge in [-0.15, -0.1) is 0 Å². The highest BCUT2D eigenvalue weighted by molar-refractivity contribution is 6.30. The molecule has 2 aliphatic rings. The Morgan fingerprint density at radius 1 is 1.21 bits per heavy atom. The fraction of sp³-hybridized carbons (Fsp3) is 0.667. The Bertz CT molecular complexity index is 400. The first-order chi connectivity index (χ1) is 9.33. The topological polar surface area (TPSA) is 28.2 Å². The van der Waals surface area contributed by atoms with Gasteiger partial charge in [-0.05, 0) is 30.9 Å². The van der Waals surface area contributed by atoms with Crippen LogP contribution in [0.1, 0.15) is 32.1 Å². The van der Waals surface area contributed by atoms with Crippen LogP contribution in [0.3, 0.4) is 0 Å². The van der Waals surface area contributed by atoms with Crippen molar-refractivity contribution in [1.29, 1.82) is 0 Å². The van der Waals surface area contributed by atoms with Gasteiger partial charge in [-0.2, -0.15) is 0 Å². The van der Waals surface area contributed by atoms with E-state index in [9.17, 15) is 0 Å². The minimum Gasteiger partial charge on any atom is -0.354 e. The molecular weight excluding hydrogens is 258 g/mol. The molecule has 1 aliphatic heterocycles. The molecular formula is C15H22ClN3. The Hall–Kier alpha value is -0.800. The Morgan fingerprint density at radius 2 is 2.05 bits per heavy atom. The largest absolute Gasteiger partial charge is 0.354 e. The number of anilines is 1. The van der Waals surface area contributed by atoms with E-state index in [4.69, 9.17) is 11.6 Å². The fourth-order valence-electron chi connectivity index (χ4n) is 3.39. The van der Waals surface area contributed by atoms with E-state index >= 15 is 0 Å². The summed E-state index contributed by atoms with van der Waals surface area (Å²) in [7, 11) is 0. The highest BCUT2D eigenvalue weighted by Gasteiger charge is 2.28. The SMILES string of the molecule is Clc1ccc(N2CCNC(C3CCCCC3)C2)nc1. The van der Waals surface area contributed by atoms with E-state index in [-0.39, 0.29) is 0 Å². The van der Waals surface area contributed by atoms with E-state index in [1.807, 2.05) is 12.1 Å². The molecule has 3 nitrogen and oxygen atoms in total. The molecule has 19 heavy (non-hydrogen) atoms. The number of halogens is 1. The summed E-state index contributed by atoms with van der Waals surface area (Å²) < 4.78 is 0. The molecule has 1 aliphatic carbocycles. The Labute approximate surface area is 120 Å². The Balaban J connectivity index is 1.65. The predicted molar refractivity (Wildman–Crippen MR) is 79.8 cm³/mol. The van der Waals surface area contributed by atoms with Gasteiger partial charge in [-0.1, -0.05) is 30.9 Å². The molecule has 0 bridgehead atoms. The normalized spacial score (nSPS) is 25.5. The van der Waals surface area contributed by atoms with E-state index in [1.54, 1.807) is 6.20 Å². The van der Waals surface area contributed by atoms with Crippen molar-refractivity contribution in [3.05, 3.63) is 23.4 Å². The number of aromatic nitrogens is 1. The van der Waals surface area contributed by atoms with Crippen LogP contribution in [0.15, 0.2) is 18.3 Å². The minimum atomic E-state index is 0.631. The van der Waals surface area contributed by atoms with Crippen LogP contribution in [0, 0.1) is 5.92 Å². The second-order valence-corrected chi connectivity index (χ2v) is 6.18. The molecule has 1 aromatic rings. The van der Waals surface area contributed by atoms with Crippen molar-refractivity contribution in [3.63, 3.8) is 0 Å². The summed E-state index contributed by atoms with van der Waals surface area (Å²) in [4.78, 5) is 6.84. The van der Waals surface area contributed by atoms with Gasteiger partial charge in [0.05, 0.1) is 5.02 Å². The number of piperazine rings is 1. The van der Waals surface area contributed by atoms with Crippen LogP contribution in [-0.4, -0.2) is 30.7 Å². The van der Waals surface area contributed by atoms with Crippen molar-refractivity contribution in [2.75, 3.05) is 24.5 Å². The lowest BCUT2D eigenvalue weighted by Gasteiger charge is -2.39. The Kier molecular flexibility index (Phi) is 4.24. The van der Waals surface area contributed by atoms with Crippen LogP contribution in [-0.2, 0) is 0 Å². The zero-order chi connectivity index (χ0) is 13.1. The van der Waals surface area contributed by atoms with Crippen LogP contribution in [0.5, 0.6) is 0 Å². The van der Waals surface area contributed by atoms with Crippen molar-refractivity contribution in [3.8, 4) is 0 Å². The van der Waals surface area contributed by atoms with Crippen molar-refractivity contribution >= 4 is 17.4 Å². The van der Waals surface area contributed by atoms with Gasteiger partial charge < -0.3 is 10.2 Å². The summed E-state index contributed by atoms with van der Waals surface area (Å²) >= 11 is 5.91. The van der Waals surface area contributed by atoms with Crippen LogP contribution in [0.2, 0.25) is 5.02 Å². The van der Waals surface area contributed by atoms with E-state index < -0.39 is 0 Å². The van der Waals surface area contributed by atoms with Gasteiger partial charge >= 0.3 is 0 Å². The molecule has 2 fully saturated rings. The van der Waals surface area contributed by atoms with Gasteiger partial charge in [0.15, 0.2) is 0 Å². The lowest BCUT2D eigenvalue weighted by atomic mass is 9.83. The number of rotatable bonds is 2. The van der Waals surface area contributed by atoms with E-state index in [0.29, 0.717) is 11.1 Å². The first-order valence-electron chi connectivity index (χ1n) is 7.43. The monoisotopic (exact) mass is 279 g/mol. The number of pyridine rings is 1. The van der Waals surface area contributed by atoms with Gasteiger partial charge in [0.2, 0.25) is 0 Å². The van der Waals surface area contributed by atoms with Crippen LogP contribution < -0.4 is 10.2 Å². The summed E-state index contributed by atoms with van der Waals surface area (Å²) in [5.41, 5.74) is 0. The molecule has 1 atom stereocenters. The molecule has 1 saturated heterocycles. The van der Waals surface area contributed by atoms with Crippen molar-refractivity contribution in [2.45, 2.75) is 38.1 Å². The van der Waals surface area contributed by atoms with Crippen molar-refractivity contribution in [2.24, 2.45) is 5.92 Å². The molecule has 2 heterocycles. The molecule has 1 N–H and O–H groups in total. The molecule has 0 aromatic carbocycles. The number of nitrogens with one attached hydrogen (secondary N) is 1. The average Bonchev–Trinajstić information content (AvgIpc) is 2.49. The van der Waals surface area contributed by atoms with Crippen molar-refractivity contribution < 1.29 is 0 Å². The smallest absolute Gasteiger partial charge is 0.128 e. The number of hydrogen-bond acceptors (Lipinski definition) is 3. The molecule has 0 amide bonds. The third-order valence-corrected chi connectivity index (χ3v) is 4.68. The highest BCUT2D eigenvalue weighted by Crippen LogP contribution is 2.28. The zero-order valence-electron chi connectivity index (χ0n) is 11.3. The van der Waals surface area contributed by atoms with Gasteiger partial charge in [-0.25, -0.2) is 4.98 Å². The highest BCUT2D eigenvalue weighted by atomic mass is 35.5. The predicted octanol–water partition coefficient (Wildman–Crippen LogP) is 3.09. The third-order valence-electron chi connectivity index (χ3n) is 4.46. The van der Waals surface area contributed by atoms with Crippen LogP contribution in [0.25, 0.3) is 0 Å². The van der Waals surface area contributed by atoms with Gasteiger partial charge in [0.1, 0.15) is 5.82 Å². The van der Waals surface area contributed by atoms with Crippen LogP contribution in [0.4, 0.5) is 5.82 Å². The summed E-state index contributed by atoms with van der Waals surface area (Å²) in [6.07, 6.45) is 8.75. The van der Waals surface area contributed by atoms with Gasteiger partial charge in [-0.3, -0.25) is 0 Å². The molecule has 1 aromatic heterocycles. The molecule has 0 spiro atoms. The van der Waals surface area contributed by atoms with Crippen LogP contribution >= 0.6 is 11.6 Å². The molecule has 3 rings (SSSR count). The molecule has 1 saturated carbocycles. The summed E-state index contributed by atoms with van der Waals surface area (Å²) in [6, 6.07) is 4.60. The average molecular weight is 280 g/mol. The maximum Gasteiger partial charge on any atom is 0.128 e. The second kappa shape index (κ2) is 6.10. The van der Waals surface area contributed by atoms with Gasteiger partial charge in [0, 0.05) is 31.9 Å². The van der Waals surface area contributed by atoms with Crippen molar-refractivity contribution in [1.82, 2.24) is 10.3 Å². The number of hydrogen-bond donors (Lipinski definition) is 1.